The molecule has 0 aromatic heterocycles. The van der Waals surface area contributed by atoms with Crippen molar-refractivity contribution in [3.63, 3.8) is 0 Å². The van der Waals surface area contributed by atoms with Crippen molar-refractivity contribution in [1.29, 1.82) is 0 Å². The quantitative estimate of drug-likeness (QED) is 0.837. The van der Waals surface area contributed by atoms with Crippen LogP contribution in [0.15, 0.2) is 48.5 Å². The molecule has 0 aliphatic heterocycles. The maximum absolute atomic E-state index is 12.1. The van der Waals surface area contributed by atoms with Crippen LogP contribution in [-0.2, 0) is 0 Å². The molecule has 3 nitrogen and oxygen atoms in total. The van der Waals surface area contributed by atoms with Gasteiger partial charge in [-0.05, 0) is 42.2 Å². The van der Waals surface area contributed by atoms with Gasteiger partial charge in [-0.2, -0.15) is 0 Å². The van der Waals surface area contributed by atoms with E-state index in [1.165, 1.54) is 5.56 Å². The van der Waals surface area contributed by atoms with Crippen LogP contribution in [0.25, 0.3) is 0 Å². The third-order valence-electron chi connectivity index (χ3n) is 3.30. The predicted molar refractivity (Wildman–Crippen MR) is 82.8 cm³/mol. The first-order chi connectivity index (χ1) is 9.56. The molecule has 3 N–H and O–H groups in total. The third-order valence-corrected chi connectivity index (χ3v) is 3.30. The summed E-state index contributed by atoms with van der Waals surface area (Å²) < 4.78 is 0. The number of amides is 1. The average molecular weight is 268 g/mol. The summed E-state index contributed by atoms with van der Waals surface area (Å²) in [6.07, 6.45) is 0. The van der Waals surface area contributed by atoms with Gasteiger partial charge in [0.1, 0.15) is 0 Å². The Balaban J connectivity index is 1.98. The molecule has 3 heteroatoms. The van der Waals surface area contributed by atoms with Crippen molar-refractivity contribution in [3.05, 3.63) is 65.2 Å². The summed E-state index contributed by atoms with van der Waals surface area (Å²) in [6, 6.07) is 15.6. The normalized spacial score (nSPS) is 11.9. The summed E-state index contributed by atoms with van der Waals surface area (Å²) in [5, 5.41) is 2.96. The molecular formula is C17H20N2O. The molecule has 1 amide bonds. The van der Waals surface area contributed by atoms with Gasteiger partial charge >= 0.3 is 0 Å². The highest BCUT2D eigenvalue weighted by molar-refractivity contribution is 5.95. The summed E-state index contributed by atoms with van der Waals surface area (Å²) in [6.45, 7) is 4.64. The molecule has 0 radical (unpaired) electrons. The van der Waals surface area contributed by atoms with Gasteiger partial charge in [-0.3, -0.25) is 4.79 Å². The minimum absolute atomic E-state index is 0.0804. The van der Waals surface area contributed by atoms with Gasteiger partial charge < -0.3 is 11.1 Å². The fourth-order valence-electron chi connectivity index (χ4n) is 2.19. The van der Waals surface area contributed by atoms with Crippen LogP contribution in [0.1, 0.15) is 34.3 Å². The van der Waals surface area contributed by atoms with Crippen molar-refractivity contribution in [2.75, 3.05) is 12.3 Å². The van der Waals surface area contributed by atoms with Crippen molar-refractivity contribution >= 4 is 11.6 Å². The third kappa shape index (κ3) is 3.60. The van der Waals surface area contributed by atoms with Crippen LogP contribution in [0.3, 0.4) is 0 Å². The van der Waals surface area contributed by atoms with Gasteiger partial charge in [0.2, 0.25) is 0 Å². The SMILES string of the molecule is Cc1cc(N)cc(C(=O)NCC(C)c2ccccc2)c1. The van der Waals surface area contributed by atoms with E-state index in [4.69, 9.17) is 5.73 Å². The highest BCUT2D eigenvalue weighted by atomic mass is 16.1. The first-order valence-electron chi connectivity index (χ1n) is 6.76. The molecule has 1 unspecified atom stereocenters. The van der Waals surface area contributed by atoms with E-state index in [1.807, 2.05) is 37.3 Å². The van der Waals surface area contributed by atoms with Crippen LogP contribution in [0.5, 0.6) is 0 Å². The molecule has 0 heterocycles. The fourth-order valence-corrected chi connectivity index (χ4v) is 2.19. The second kappa shape index (κ2) is 6.24. The van der Waals surface area contributed by atoms with Gasteiger partial charge in [-0.15, -0.1) is 0 Å². The van der Waals surface area contributed by atoms with Crippen LogP contribution in [0, 0.1) is 6.92 Å². The van der Waals surface area contributed by atoms with Crippen molar-refractivity contribution in [3.8, 4) is 0 Å². The molecule has 0 saturated heterocycles. The Kier molecular flexibility index (Phi) is 4.41. The zero-order valence-electron chi connectivity index (χ0n) is 11.9. The van der Waals surface area contributed by atoms with Gasteiger partial charge in [-0.25, -0.2) is 0 Å². The number of anilines is 1. The average Bonchev–Trinajstić information content (AvgIpc) is 2.44. The van der Waals surface area contributed by atoms with Crippen LogP contribution in [-0.4, -0.2) is 12.5 Å². The second-order valence-electron chi connectivity index (χ2n) is 5.15. The number of rotatable bonds is 4. The lowest BCUT2D eigenvalue weighted by Crippen LogP contribution is -2.27. The number of aryl methyl sites for hydroxylation is 1. The van der Waals surface area contributed by atoms with Crippen LogP contribution < -0.4 is 11.1 Å². The Labute approximate surface area is 119 Å². The number of nitrogen functional groups attached to an aromatic ring is 1. The minimum Gasteiger partial charge on any atom is -0.399 e. The lowest BCUT2D eigenvalue weighted by atomic mass is 10.0. The number of carbonyl (C=O) groups is 1. The Morgan fingerprint density at radius 2 is 1.90 bits per heavy atom. The number of hydrogen-bond donors (Lipinski definition) is 2. The first-order valence-corrected chi connectivity index (χ1v) is 6.76. The van der Waals surface area contributed by atoms with Gasteiger partial charge in [0.25, 0.3) is 5.91 Å². The Bertz CT molecular complexity index is 573. The molecule has 1 atom stereocenters. The smallest absolute Gasteiger partial charge is 0.251 e. The molecular weight excluding hydrogens is 248 g/mol. The summed E-state index contributed by atoms with van der Waals surface area (Å²) in [5.74, 6) is 0.200. The number of carbonyl (C=O) groups excluding carboxylic acids is 1. The van der Waals surface area contributed by atoms with E-state index < -0.39 is 0 Å². The molecule has 0 saturated carbocycles. The lowest BCUT2D eigenvalue weighted by molar-refractivity contribution is 0.0951. The molecule has 0 fully saturated rings. The van der Waals surface area contributed by atoms with E-state index in [9.17, 15) is 4.79 Å². The fraction of sp³-hybridized carbons (Fsp3) is 0.235. The molecule has 0 aliphatic carbocycles. The van der Waals surface area contributed by atoms with Crippen LogP contribution >= 0.6 is 0 Å². The maximum atomic E-state index is 12.1. The largest absolute Gasteiger partial charge is 0.399 e. The molecule has 104 valence electrons. The van der Waals surface area contributed by atoms with Crippen molar-refractivity contribution in [2.24, 2.45) is 0 Å². The second-order valence-corrected chi connectivity index (χ2v) is 5.15. The molecule has 20 heavy (non-hydrogen) atoms. The summed E-state index contributed by atoms with van der Waals surface area (Å²) >= 11 is 0. The predicted octanol–water partition coefficient (Wildman–Crippen LogP) is 3.11. The van der Waals surface area contributed by atoms with E-state index in [2.05, 4.69) is 24.4 Å². The zero-order valence-corrected chi connectivity index (χ0v) is 11.9. The molecule has 0 bridgehead atoms. The Hall–Kier alpha value is -2.29. The lowest BCUT2D eigenvalue weighted by Gasteiger charge is -2.13. The monoisotopic (exact) mass is 268 g/mol. The zero-order chi connectivity index (χ0) is 14.5. The molecule has 2 aromatic rings. The van der Waals surface area contributed by atoms with E-state index >= 15 is 0 Å². The van der Waals surface area contributed by atoms with Gasteiger partial charge in [0.15, 0.2) is 0 Å². The minimum atomic E-state index is -0.0804. The van der Waals surface area contributed by atoms with Crippen LogP contribution in [0.2, 0.25) is 0 Å². The maximum Gasteiger partial charge on any atom is 0.251 e. The standard InChI is InChI=1S/C17H20N2O/c1-12-8-15(10-16(18)9-12)17(20)19-11-13(2)14-6-4-3-5-7-14/h3-10,13H,11,18H2,1-2H3,(H,19,20). The number of nitrogens with two attached hydrogens (primary N) is 1. The molecule has 0 aliphatic rings. The Morgan fingerprint density at radius 3 is 2.55 bits per heavy atom. The topological polar surface area (TPSA) is 55.1 Å². The summed E-state index contributed by atoms with van der Waals surface area (Å²) in [5.41, 5.74) is 9.21. The number of benzene rings is 2. The Morgan fingerprint density at radius 1 is 1.20 bits per heavy atom. The van der Waals surface area contributed by atoms with Gasteiger partial charge in [0.05, 0.1) is 0 Å². The van der Waals surface area contributed by atoms with Gasteiger partial charge in [0, 0.05) is 17.8 Å². The highest BCUT2D eigenvalue weighted by Crippen LogP contribution is 2.14. The van der Waals surface area contributed by atoms with Crippen molar-refractivity contribution in [1.82, 2.24) is 5.32 Å². The molecule has 2 aromatic carbocycles. The van der Waals surface area contributed by atoms with E-state index in [0.29, 0.717) is 17.8 Å². The highest BCUT2D eigenvalue weighted by Gasteiger charge is 2.10. The van der Waals surface area contributed by atoms with Gasteiger partial charge in [-0.1, -0.05) is 37.3 Å². The van der Waals surface area contributed by atoms with E-state index in [1.54, 1.807) is 6.07 Å². The summed E-state index contributed by atoms with van der Waals surface area (Å²) in [4.78, 5) is 12.1. The van der Waals surface area contributed by atoms with E-state index in [0.717, 1.165) is 5.56 Å². The number of hydrogen-bond acceptors (Lipinski definition) is 2. The van der Waals surface area contributed by atoms with Crippen LogP contribution in [0.4, 0.5) is 5.69 Å². The van der Waals surface area contributed by atoms with Crippen molar-refractivity contribution in [2.45, 2.75) is 19.8 Å². The summed E-state index contributed by atoms with van der Waals surface area (Å²) in [7, 11) is 0. The number of nitrogens with one attached hydrogen (secondary N) is 1. The van der Waals surface area contributed by atoms with Crippen molar-refractivity contribution < 1.29 is 4.79 Å². The van der Waals surface area contributed by atoms with E-state index in [-0.39, 0.29) is 11.8 Å². The first kappa shape index (κ1) is 14.1. The molecule has 0 spiro atoms. The molecule has 2 rings (SSSR count).